The Labute approximate surface area is 147 Å². The molecule has 0 heterocycles. The molecule has 2 nitrogen and oxygen atoms in total. The Bertz CT molecular complexity index is 682. The minimum absolute atomic E-state index is 0.422. The molecule has 7 heteroatoms. The average Bonchev–Trinajstić information content (AvgIpc) is 2.46. The first-order chi connectivity index (χ1) is 9.96. The third-order valence-corrected chi connectivity index (χ3v) is 7.20. The van der Waals surface area contributed by atoms with Crippen LogP contribution in [0.2, 0.25) is 10.0 Å². The highest BCUT2D eigenvalue weighted by molar-refractivity contribution is 9.10. The van der Waals surface area contributed by atoms with Gasteiger partial charge in [-0.05, 0) is 52.9 Å². The van der Waals surface area contributed by atoms with Gasteiger partial charge in [-0.2, -0.15) is 0 Å². The van der Waals surface area contributed by atoms with E-state index < -0.39 is 6.49 Å². The van der Waals surface area contributed by atoms with Gasteiger partial charge in [0.05, 0.1) is 16.7 Å². The topological polar surface area (TPSA) is 18.5 Å². The first-order valence-electron chi connectivity index (χ1n) is 6.10. The van der Waals surface area contributed by atoms with Gasteiger partial charge in [-0.3, -0.25) is 0 Å². The molecule has 0 amide bonds. The van der Waals surface area contributed by atoms with Crippen LogP contribution in [0.15, 0.2) is 46.9 Å². The van der Waals surface area contributed by atoms with Gasteiger partial charge in [0.1, 0.15) is 5.75 Å². The van der Waals surface area contributed by atoms with E-state index in [0.29, 0.717) is 26.9 Å². The zero-order valence-corrected chi connectivity index (χ0v) is 15.9. The molecule has 0 N–H and O–H groups in total. The lowest BCUT2D eigenvalue weighted by atomic mass is 10.3. The molecule has 0 saturated carbocycles. The number of rotatable bonds is 5. The summed E-state index contributed by atoms with van der Waals surface area (Å²) in [5, 5.41) is 1.76. The van der Waals surface area contributed by atoms with Crippen molar-refractivity contribution in [3.8, 4) is 5.75 Å². The van der Waals surface area contributed by atoms with Crippen molar-refractivity contribution in [2.24, 2.45) is 0 Å². The molecule has 0 saturated heterocycles. The van der Waals surface area contributed by atoms with Crippen LogP contribution in [0, 0.1) is 0 Å². The lowest BCUT2D eigenvalue weighted by molar-refractivity contribution is 0.339. The summed E-state index contributed by atoms with van der Waals surface area (Å²) in [4.78, 5) is 0. The molecular formula is C14H12BrCl2O2PS. The van der Waals surface area contributed by atoms with Crippen molar-refractivity contribution in [2.45, 2.75) is 6.92 Å². The quantitative estimate of drug-likeness (QED) is 0.445. The van der Waals surface area contributed by atoms with Crippen molar-refractivity contribution in [3.63, 3.8) is 0 Å². The Kier molecular flexibility index (Phi) is 6.13. The van der Waals surface area contributed by atoms with Crippen molar-refractivity contribution in [1.82, 2.24) is 0 Å². The molecule has 0 radical (unpaired) electrons. The zero-order valence-electron chi connectivity index (χ0n) is 11.1. The van der Waals surface area contributed by atoms with E-state index in [2.05, 4.69) is 15.9 Å². The fourth-order valence-corrected chi connectivity index (χ4v) is 5.04. The van der Waals surface area contributed by atoms with Crippen LogP contribution >= 0.6 is 45.6 Å². The predicted octanol–water partition coefficient (Wildman–Crippen LogP) is 5.81. The molecule has 21 heavy (non-hydrogen) atoms. The van der Waals surface area contributed by atoms with Gasteiger partial charge in [-0.15, -0.1) is 0 Å². The number of hydrogen-bond acceptors (Lipinski definition) is 3. The summed E-state index contributed by atoms with van der Waals surface area (Å²) < 4.78 is 12.4. The summed E-state index contributed by atoms with van der Waals surface area (Å²) in [6.07, 6.45) is 0. The first-order valence-corrected chi connectivity index (χ1v) is 10.3. The van der Waals surface area contributed by atoms with Crippen LogP contribution in [-0.4, -0.2) is 6.61 Å². The fraction of sp³-hybridized carbons (Fsp3) is 0.143. The highest BCUT2D eigenvalue weighted by Gasteiger charge is 2.24. The molecule has 2 aromatic carbocycles. The van der Waals surface area contributed by atoms with Crippen molar-refractivity contribution >= 4 is 62.7 Å². The summed E-state index contributed by atoms with van der Waals surface area (Å²) in [7, 11) is 0. The lowest BCUT2D eigenvalue weighted by Crippen LogP contribution is -2.12. The second-order valence-corrected chi connectivity index (χ2v) is 9.10. The largest absolute Gasteiger partial charge is 0.439 e. The molecule has 2 rings (SSSR count). The molecule has 0 aliphatic carbocycles. The monoisotopic (exact) mass is 424 g/mol. The number of halogens is 3. The van der Waals surface area contributed by atoms with E-state index in [1.807, 2.05) is 37.3 Å². The molecule has 112 valence electrons. The molecular weight excluding hydrogens is 414 g/mol. The second-order valence-electron chi connectivity index (χ2n) is 4.04. The maximum atomic E-state index is 6.20. The van der Waals surface area contributed by atoms with Crippen molar-refractivity contribution in [1.29, 1.82) is 0 Å². The molecule has 0 aromatic heterocycles. The summed E-state index contributed by atoms with van der Waals surface area (Å²) in [5.74, 6) is 0.422. The molecule has 0 aliphatic heterocycles. The van der Waals surface area contributed by atoms with Crippen LogP contribution in [-0.2, 0) is 16.3 Å². The smallest absolute Gasteiger partial charge is 0.269 e. The van der Waals surface area contributed by atoms with Gasteiger partial charge >= 0.3 is 0 Å². The lowest BCUT2D eigenvalue weighted by Gasteiger charge is -2.23. The Morgan fingerprint density at radius 2 is 1.81 bits per heavy atom. The number of benzene rings is 2. The number of hydrogen-bond donors (Lipinski definition) is 0. The highest BCUT2D eigenvalue weighted by atomic mass is 79.9. The third-order valence-electron chi connectivity index (χ3n) is 2.56. The van der Waals surface area contributed by atoms with Gasteiger partial charge in [-0.1, -0.05) is 41.4 Å². The maximum absolute atomic E-state index is 6.20. The molecule has 0 bridgehead atoms. The van der Waals surface area contributed by atoms with Crippen LogP contribution in [0.1, 0.15) is 6.92 Å². The minimum atomic E-state index is -2.68. The van der Waals surface area contributed by atoms with Crippen LogP contribution < -0.4 is 9.83 Å². The molecule has 1 unspecified atom stereocenters. The van der Waals surface area contributed by atoms with Crippen LogP contribution in [0.3, 0.4) is 0 Å². The Hall–Kier alpha value is -0.0900. The van der Waals surface area contributed by atoms with E-state index in [9.17, 15) is 0 Å². The Morgan fingerprint density at radius 3 is 2.43 bits per heavy atom. The standard InChI is InChI=1S/C14H12BrCl2O2PS/c1-2-18-20(21,10-6-4-3-5-7-10)19-14-9-12(16)11(15)8-13(14)17/h3-9H,2H2,1H3. The van der Waals surface area contributed by atoms with E-state index in [1.54, 1.807) is 12.1 Å². The summed E-state index contributed by atoms with van der Waals surface area (Å²) >= 11 is 21.2. The summed E-state index contributed by atoms with van der Waals surface area (Å²) in [5.41, 5.74) is 0. The van der Waals surface area contributed by atoms with Gasteiger partial charge < -0.3 is 9.05 Å². The van der Waals surface area contributed by atoms with Crippen molar-refractivity contribution in [3.05, 3.63) is 57.0 Å². The van der Waals surface area contributed by atoms with Gasteiger partial charge in [-0.25, -0.2) is 0 Å². The van der Waals surface area contributed by atoms with Gasteiger partial charge in [0.2, 0.25) is 0 Å². The van der Waals surface area contributed by atoms with E-state index in [0.717, 1.165) is 5.30 Å². The SMILES string of the molecule is CCOP(=S)(Oc1cc(Cl)c(Br)cc1Cl)c1ccccc1. The Balaban J connectivity index is 2.42. The fourth-order valence-electron chi connectivity index (χ4n) is 1.64. The zero-order chi connectivity index (χ0) is 15.5. The van der Waals surface area contributed by atoms with Crippen LogP contribution in [0.5, 0.6) is 5.75 Å². The van der Waals surface area contributed by atoms with Gasteiger partial charge in [0, 0.05) is 15.8 Å². The Morgan fingerprint density at radius 1 is 1.14 bits per heavy atom. The molecule has 0 aliphatic rings. The van der Waals surface area contributed by atoms with Crippen LogP contribution in [0.4, 0.5) is 0 Å². The van der Waals surface area contributed by atoms with Crippen molar-refractivity contribution in [2.75, 3.05) is 6.61 Å². The maximum Gasteiger partial charge on any atom is 0.269 e. The molecule has 1 atom stereocenters. The van der Waals surface area contributed by atoms with E-state index >= 15 is 0 Å². The summed E-state index contributed by atoms with van der Waals surface area (Å²) in [6, 6.07) is 12.8. The summed E-state index contributed by atoms with van der Waals surface area (Å²) in [6.45, 7) is -0.350. The van der Waals surface area contributed by atoms with Crippen LogP contribution in [0.25, 0.3) is 0 Å². The van der Waals surface area contributed by atoms with Gasteiger partial charge in [0.15, 0.2) is 0 Å². The normalized spacial score (nSPS) is 13.7. The van der Waals surface area contributed by atoms with E-state index in [1.165, 1.54) is 0 Å². The predicted molar refractivity (Wildman–Crippen MR) is 96.8 cm³/mol. The van der Waals surface area contributed by atoms with E-state index in [-0.39, 0.29) is 0 Å². The molecule has 2 aromatic rings. The third kappa shape index (κ3) is 4.22. The average molecular weight is 426 g/mol. The first kappa shape index (κ1) is 17.3. The minimum Gasteiger partial charge on any atom is -0.439 e. The van der Waals surface area contributed by atoms with Gasteiger partial charge in [0.25, 0.3) is 6.49 Å². The van der Waals surface area contributed by atoms with E-state index in [4.69, 9.17) is 44.1 Å². The molecule has 0 spiro atoms. The molecule has 0 fully saturated rings. The highest BCUT2D eigenvalue weighted by Crippen LogP contribution is 2.50. The van der Waals surface area contributed by atoms with Crippen molar-refractivity contribution < 1.29 is 9.05 Å². The second kappa shape index (κ2) is 7.45.